The summed E-state index contributed by atoms with van der Waals surface area (Å²) in [5, 5.41) is 3.04. The molecular weight excluding hydrogens is 335 g/mol. The number of likely N-dealkylation sites (N-methyl/N-ethyl adjacent to an activating group) is 1. The summed E-state index contributed by atoms with van der Waals surface area (Å²) in [6.45, 7) is 3.48. The van der Waals surface area contributed by atoms with E-state index in [0.29, 0.717) is 6.54 Å². The molecule has 2 aromatic rings. The van der Waals surface area contributed by atoms with E-state index in [4.69, 9.17) is 0 Å². The Morgan fingerprint density at radius 1 is 1.16 bits per heavy atom. The van der Waals surface area contributed by atoms with Crippen molar-refractivity contribution in [1.29, 1.82) is 0 Å². The number of nitrogens with zero attached hydrogens (tertiary/aromatic N) is 1. The molecule has 1 amide bonds. The first kappa shape index (κ1) is 19.5. The van der Waals surface area contributed by atoms with Crippen molar-refractivity contribution in [2.24, 2.45) is 0 Å². The fourth-order valence-electron chi connectivity index (χ4n) is 2.53. The Balaban J connectivity index is 1.80. The van der Waals surface area contributed by atoms with Crippen molar-refractivity contribution in [3.05, 3.63) is 66.0 Å². The predicted molar refractivity (Wildman–Crippen MR) is 102 cm³/mol. The van der Waals surface area contributed by atoms with Crippen LogP contribution in [0.3, 0.4) is 0 Å². The lowest BCUT2D eigenvalue weighted by Crippen LogP contribution is -2.39. The van der Waals surface area contributed by atoms with Crippen LogP contribution >= 0.6 is 11.8 Å². The topological polar surface area (TPSA) is 32.3 Å². The highest BCUT2D eigenvalue weighted by Gasteiger charge is 2.23. The average Bonchev–Trinajstić information content (AvgIpc) is 2.64. The van der Waals surface area contributed by atoms with Crippen molar-refractivity contribution in [3.8, 4) is 0 Å². The molecule has 0 aliphatic carbocycles. The summed E-state index contributed by atoms with van der Waals surface area (Å²) >= 11 is 1.67. The summed E-state index contributed by atoms with van der Waals surface area (Å²) in [6.07, 6.45) is 0.866. The maximum atomic E-state index is 12.9. The Bertz CT molecular complexity index is 649. The molecule has 2 rings (SSSR count). The molecule has 0 spiro atoms. The predicted octanol–water partition coefficient (Wildman–Crippen LogP) is 4.12. The monoisotopic (exact) mass is 360 g/mol. The van der Waals surface area contributed by atoms with E-state index < -0.39 is 0 Å². The molecule has 0 heterocycles. The molecule has 0 aliphatic heterocycles. The van der Waals surface area contributed by atoms with E-state index in [2.05, 4.69) is 5.32 Å². The normalized spacial score (nSPS) is 12.2. The summed E-state index contributed by atoms with van der Waals surface area (Å²) in [7, 11) is 1.96. The van der Waals surface area contributed by atoms with Crippen molar-refractivity contribution in [3.63, 3.8) is 0 Å². The Morgan fingerprint density at radius 2 is 1.84 bits per heavy atom. The summed E-state index contributed by atoms with van der Waals surface area (Å²) in [5.41, 5.74) is 1.00. The van der Waals surface area contributed by atoms with E-state index in [-0.39, 0.29) is 17.8 Å². The van der Waals surface area contributed by atoms with Gasteiger partial charge in [-0.3, -0.25) is 9.69 Å². The molecule has 3 nitrogen and oxygen atoms in total. The second-order valence-electron chi connectivity index (χ2n) is 5.83. The summed E-state index contributed by atoms with van der Waals surface area (Å²) in [4.78, 5) is 15.7. The van der Waals surface area contributed by atoms with E-state index in [9.17, 15) is 9.18 Å². The molecule has 0 aliphatic rings. The third kappa shape index (κ3) is 6.18. The van der Waals surface area contributed by atoms with Gasteiger partial charge in [0.05, 0.1) is 0 Å². The van der Waals surface area contributed by atoms with Gasteiger partial charge in [-0.05, 0) is 55.6 Å². The van der Waals surface area contributed by atoms with Gasteiger partial charge in [-0.15, -0.1) is 11.8 Å². The van der Waals surface area contributed by atoms with Gasteiger partial charge in [0.15, 0.2) is 0 Å². The van der Waals surface area contributed by atoms with Gasteiger partial charge in [0, 0.05) is 11.4 Å². The molecule has 0 aromatic heterocycles. The lowest BCUT2D eigenvalue weighted by Gasteiger charge is -2.26. The number of benzene rings is 2. The number of carbonyl (C=O) groups is 1. The minimum Gasteiger partial charge on any atom is -0.354 e. The maximum absolute atomic E-state index is 12.9. The summed E-state index contributed by atoms with van der Waals surface area (Å²) in [6, 6.07) is 16.1. The first-order valence-corrected chi connectivity index (χ1v) is 9.51. The van der Waals surface area contributed by atoms with Crippen LogP contribution in [-0.4, -0.2) is 36.7 Å². The smallest absolute Gasteiger partial charge is 0.241 e. The van der Waals surface area contributed by atoms with Crippen molar-refractivity contribution >= 4 is 17.7 Å². The number of carbonyl (C=O) groups excluding carboxylic acids is 1. The van der Waals surface area contributed by atoms with Crippen LogP contribution in [0.2, 0.25) is 0 Å². The fourth-order valence-corrected chi connectivity index (χ4v) is 3.38. The van der Waals surface area contributed by atoms with Crippen molar-refractivity contribution in [2.45, 2.75) is 24.3 Å². The standard InChI is InChI=1S/C20H25FN2OS/c1-3-23(2)19(16-8-5-4-6-9-16)20(24)22-14-7-15-25-18-12-10-17(21)11-13-18/h4-6,8-13,19H,3,7,14-15H2,1-2H3,(H,22,24). The molecule has 0 fully saturated rings. The van der Waals surface area contributed by atoms with Crippen LogP contribution in [0.5, 0.6) is 0 Å². The SMILES string of the molecule is CCN(C)C(C(=O)NCCCSc1ccc(F)cc1)c1ccccc1. The Kier molecular flexibility index (Phi) is 7.95. The van der Waals surface area contributed by atoms with Gasteiger partial charge in [0.25, 0.3) is 0 Å². The van der Waals surface area contributed by atoms with Crippen LogP contribution in [0.1, 0.15) is 24.9 Å². The molecule has 134 valence electrons. The van der Waals surface area contributed by atoms with Crippen LogP contribution in [0.15, 0.2) is 59.5 Å². The minimum absolute atomic E-state index is 0.0299. The van der Waals surface area contributed by atoms with Crippen LogP contribution in [0.25, 0.3) is 0 Å². The molecular formula is C20H25FN2OS. The quantitative estimate of drug-likeness (QED) is 0.539. The Hall–Kier alpha value is -1.85. The van der Waals surface area contributed by atoms with Gasteiger partial charge in [-0.1, -0.05) is 37.3 Å². The minimum atomic E-state index is -0.268. The third-order valence-corrected chi connectivity index (χ3v) is 5.10. The second-order valence-corrected chi connectivity index (χ2v) is 7.00. The highest BCUT2D eigenvalue weighted by molar-refractivity contribution is 7.99. The zero-order chi connectivity index (χ0) is 18.1. The Labute approximate surface area is 153 Å². The molecule has 1 atom stereocenters. The van der Waals surface area contributed by atoms with Crippen LogP contribution in [0, 0.1) is 5.82 Å². The maximum Gasteiger partial charge on any atom is 0.241 e. The number of rotatable bonds is 9. The number of thioether (sulfide) groups is 1. The molecule has 25 heavy (non-hydrogen) atoms. The largest absolute Gasteiger partial charge is 0.354 e. The number of hydrogen-bond acceptors (Lipinski definition) is 3. The fraction of sp³-hybridized carbons (Fsp3) is 0.350. The number of hydrogen-bond donors (Lipinski definition) is 1. The van der Waals surface area contributed by atoms with Gasteiger partial charge in [0.1, 0.15) is 11.9 Å². The van der Waals surface area contributed by atoms with Crippen LogP contribution in [0.4, 0.5) is 4.39 Å². The van der Waals surface area contributed by atoms with E-state index >= 15 is 0 Å². The third-order valence-electron chi connectivity index (χ3n) is 4.01. The molecule has 0 saturated heterocycles. The van der Waals surface area contributed by atoms with E-state index in [1.807, 2.05) is 49.2 Å². The lowest BCUT2D eigenvalue weighted by molar-refractivity contribution is -0.126. The van der Waals surface area contributed by atoms with Gasteiger partial charge < -0.3 is 5.32 Å². The molecule has 0 radical (unpaired) electrons. The number of amides is 1. The van der Waals surface area contributed by atoms with E-state index in [0.717, 1.165) is 29.2 Å². The van der Waals surface area contributed by atoms with E-state index in [1.165, 1.54) is 12.1 Å². The van der Waals surface area contributed by atoms with Crippen LogP contribution in [-0.2, 0) is 4.79 Å². The molecule has 5 heteroatoms. The van der Waals surface area contributed by atoms with Crippen molar-refractivity contribution in [1.82, 2.24) is 10.2 Å². The van der Waals surface area contributed by atoms with Gasteiger partial charge in [-0.25, -0.2) is 4.39 Å². The Morgan fingerprint density at radius 3 is 2.48 bits per heavy atom. The zero-order valence-electron chi connectivity index (χ0n) is 14.7. The number of nitrogens with one attached hydrogen (secondary N) is 1. The van der Waals surface area contributed by atoms with Gasteiger partial charge >= 0.3 is 0 Å². The van der Waals surface area contributed by atoms with Crippen molar-refractivity contribution < 1.29 is 9.18 Å². The first-order valence-electron chi connectivity index (χ1n) is 8.53. The average molecular weight is 360 g/mol. The van der Waals surface area contributed by atoms with Crippen LogP contribution < -0.4 is 5.32 Å². The summed E-state index contributed by atoms with van der Waals surface area (Å²) in [5.74, 6) is 0.692. The van der Waals surface area contributed by atoms with Crippen molar-refractivity contribution in [2.75, 3.05) is 25.9 Å². The highest BCUT2D eigenvalue weighted by Crippen LogP contribution is 2.20. The zero-order valence-corrected chi connectivity index (χ0v) is 15.6. The highest BCUT2D eigenvalue weighted by atomic mass is 32.2. The van der Waals surface area contributed by atoms with Gasteiger partial charge in [0.2, 0.25) is 5.91 Å². The molecule has 1 N–H and O–H groups in total. The van der Waals surface area contributed by atoms with Gasteiger partial charge in [-0.2, -0.15) is 0 Å². The molecule has 2 aromatic carbocycles. The first-order chi connectivity index (χ1) is 12.1. The number of halogens is 1. The molecule has 0 bridgehead atoms. The lowest BCUT2D eigenvalue weighted by atomic mass is 10.0. The molecule has 0 saturated carbocycles. The van der Waals surface area contributed by atoms with E-state index in [1.54, 1.807) is 23.9 Å². The molecule has 1 unspecified atom stereocenters. The summed E-state index contributed by atoms with van der Waals surface area (Å²) < 4.78 is 12.9. The second kappa shape index (κ2) is 10.2.